The SMILES string of the molecule is O=Cc1ccc(Sc2ncco2)cc1. The van der Waals surface area contributed by atoms with E-state index in [9.17, 15) is 4.79 Å². The quantitative estimate of drug-likeness (QED) is 0.722. The molecule has 0 spiro atoms. The second kappa shape index (κ2) is 4.11. The Balaban J connectivity index is 2.14. The maximum absolute atomic E-state index is 10.4. The molecule has 4 heteroatoms. The second-order valence-electron chi connectivity index (χ2n) is 2.59. The predicted octanol–water partition coefficient (Wildman–Crippen LogP) is 2.64. The smallest absolute Gasteiger partial charge is 0.260 e. The average molecular weight is 205 g/mol. The summed E-state index contributed by atoms with van der Waals surface area (Å²) in [7, 11) is 0. The topological polar surface area (TPSA) is 43.1 Å². The molecule has 1 aromatic carbocycles. The minimum Gasteiger partial charge on any atom is -0.440 e. The summed E-state index contributed by atoms with van der Waals surface area (Å²) in [5.74, 6) is 0. The maximum Gasteiger partial charge on any atom is 0.260 e. The van der Waals surface area contributed by atoms with Crippen LogP contribution in [0.5, 0.6) is 0 Å². The standard InChI is InChI=1S/C10H7NO2S/c12-7-8-1-3-9(4-2-8)14-10-11-5-6-13-10/h1-7H. The van der Waals surface area contributed by atoms with Gasteiger partial charge < -0.3 is 4.42 Å². The van der Waals surface area contributed by atoms with Crippen LogP contribution in [0.4, 0.5) is 0 Å². The Morgan fingerprint density at radius 2 is 2.07 bits per heavy atom. The molecule has 0 bridgehead atoms. The number of aldehydes is 1. The maximum atomic E-state index is 10.4. The van der Waals surface area contributed by atoms with Crippen molar-refractivity contribution in [1.29, 1.82) is 0 Å². The van der Waals surface area contributed by atoms with Gasteiger partial charge in [-0.15, -0.1) is 0 Å². The molecular formula is C10H7NO2S. The van der Waals surface area contributed by atoms with Gasteiger partial charge in [-0.1, -0.05) is 12.1 Å². The summed E-state index contributed by atoms with van der Waals surface area (Å²) in [5, 5.41) is 0.601. The molecular weight excluding hydrogens is 198 g/mol. The molecule has 0 aliphatic heterocycles. The first-order chi connectivity index (χ1) is 6.88. The zero-order valence-electron chi connectivity index (χ0n) is 7.21. The van der Waals surface area contributed by atoms with Gasteiger partial charge in [0, 0.05) is 10.5 Å². The van der Waals surface area contributed by atoms with Gasteiger partial charge in [0.25, 0.3) is 5.22 Å². The van der Waals surface area contributed by atoms with Crippen molar-refractivity contribution < 1.29 is 9.21 Å². The molecule has 0 N–H and O–H groups in total. The number of carbonyl (C=O) groups excluding carboxylic acids is 1. The van der Waals surface area contributed by atoms with Crippen molar-refractivity contribution in [2.75, 3.05) is 0 Å². The third kappa shape index (κ3) is 2.03. The lowest BCUT2D eigenvalue weighted by Gasteiger charge is -1.96. The average Bonchev–Trinajstić information content (AvgIpc) is 2.72. The van der Waals surface area contributed by atoms with Gasteiger partial charge in [-0.2, -0.15) is 0 Å². The number of rotatable bonds is 3. The first-order valence-electron chi connectivity index (χ1n) is 4.01. The Morgan fingerprint density at radius 3 is 2.64 bits per heavy atom. The Morgan fingerprint density at radius 1 is 1.29 bits per heavy atom. The highest BCUT2D eigenvalue weighted by Gasteiger charge is 2.00. The summed E-state index contributed by atoms with van der Waals surface area (Å²) < 4.78 is 5.08. The van der Waals surface area contributed by atoms with Gasteiger partial charge in [-0.25, -0.2) is 4.98 Å². The van der Waals surface area contributed by atoms with E-state index in [-0.39, 0.29) is 0 Å². The zero-order chi connectivity index (χ0) is 9.80. The van der Waals surface area contributed by atoms with E-state index < -0.39 is 0 Å². The Bertz CT molecular complexity index is 408. The van der Waals surface area contributed by atoms with Gasteiger partial charge in [0.15, 0.2) is 0 Å². The van der Waals surface area contributed by atoms with Crippen molar-refractivity contribution in [2.24, 2.45) is 0 Å². The summed E-state index contributed by atoms with van der Waals surface area (Å²) in [5.41, 5.74) is 0.668. The van der Waals surface area contributed by atoms with E-state index in [4.69, 9.17) is 4.42 Å². The first-order valence-corrected chi connectivity index (χ1v) is 4.83. The third-order valence-electron chi connectivity index (χ3n) is 1.63. The minimum atomic E-state index is 0.601. The highest BCUT2D eigenvalue weighted by atomic mass is 32.2. The lowest BCUT2D eigenvalue weighted by Crippen LogP contribution is -1.78. The molecule has 3 nitrogen and oxygen atoms in total. The fraction of sp³-hybridized carbons (Fsp3) is 0. The molecule has 0 unspecified atom stereocenters. The highest BCUT2D eigenvalue weighted by Crippen LogP contribution is 2.25. The van der Waals surface area contributed by atoms with E-state index in [1.807, 2.05) is 12.1 Å². The van der Waals surface area contributed by atoms with Crippen LogP contribution in [0.3, 0.4) is 0 Å². The van der Waals surface area contributed by atoms with E-state index in [2.05, 4.69) is 4.98 Å². The fourth-order valence-electron chi connectivity index (χ4n) is 0.976. The number of aromatic nitrogens is 1. The van der Waals surface area contributed by atoms with Crippen molar-refractivity contribution in [3.05, 3.63) is 42.3 Å². The van der Waals surface area contributed by atoms with Crippen LogP contribution in [0, 0.1) is 0 Å². The fourth-order valence-corrected chi connectivity index (χ4v) is 1.67. The van der Waals surface area contributed by atoms with Gasteiger partial charge in [-0.05, 0) is 23.9 Å². The van der Waals surface area contributed by atoms with E-state index in [0.29, 0.717) is 10.8 Å². The zero-order valence-corrected chi connectivity index (χ0v) is 8.03. The monoisotopic (exact) mass is 205 g/mol. The lowest BCUT2D eigenvalue weighted by atomic mass is 10.2. The number of hydrogen-bond donors (Lipinski definition) is 0. The molecule has 0 radical (unpaired) electrons. The summed E-state index contributed by atoms with van der Waals surface area (Å²) in [6.45, 7) is 0. The van der Waals surface area contributed by atoms with E-state index in [1.54, 1.807) is 18.3 Å². The predicted molar refractivity (Wildman–Crippen MR) is 52.5 cm³/mol. The highest BCUT2D eigenvalue weighted by molar-refractivity contribution is 7.99. The summed E-state index contributed by atoms with van der Waals surface area (Å²) in [6, 6.07) is 7.24. The van der Waals surface area contributed by atoms with Crippen LogP contribution in [0.15, 0.2) is 51.3 Å². The van der Waals surface area contributed by atoms with Gasteiger partial charge in [0.05, 0.1) is 6.20 Å². The van der Waals surface area contributed by atoms with Crippen LogP contribution >= 0.6 is 11.8 Å². The van der Waals surface area contributed by atoms with Gasteiger partial charge in [-0.3, -0.25) is 4.79 Å². The first kappa shape index (κ1) is 9.02. The van der Waals surface area contributed by atoms with Crippen molar-refractivity contribution in [3.8, 4) is 0 Å². The summed E-state index contributed by atoms with van der Waals surface area (Å²) in [6.07, 6.45) is 3.95. The van der Waals surface area contributed by atoms with Crippen LogP contribution in [0.25, 0.3) is 0 Å². The van der Waals surface area contributed by atoms with Crippen LogP contribution in [-0.4, -0.2) is 11.3 Å². The van der Waals surface area contributed by atoms with E-state index in [0.717, 1.165) is 11.2 Å². The molecule has 70 valence electrons. The summed E-state index contributed by atoms with van der Waals surface area (Å²) in [4.78, 5) is 15.4. The molecule has 1 aromatic heterocycles. The van der Waals surface area contributed by atoms with Gasteiger partial charge in [0.2, 0.25) is 0 Å². The number of nitrogens with zero attached hydrogens (tertiary/aromatic N) is 1. The van der Waals surface area contributed by atoms with E-state index >= 15 is 0 Å². The number of hydrogen-bond acceptors (Lipinski definition) is 4. The Kier molecular flexibility index (Phi) is 2.65. The van der Waals surface area contributed by atoms with Gasteiger partial charge in [0.1, 0.15) is 12.5 Å². The molecule has 0 atom stereocenters. The molecule has 0 fully saturated rings. The molecule has 14 heavy (non-hydrogen) atoms. The third-order valence-corrected chi connectivity index (χ3v) is 2.52. The molecule has 2 aromatic rings. The molecule has 0 amide bonds. The number of oxazole rings is 1. The minimum absolute atomic E-state index is 0.601. The van der Waals surface area contributed by atoms with Crippen LogP contribution < -0.4 is 0 Å². The van der Waals surface area contributed by atoms with Gasteiger partial charge >= 0.3 is 0 Å². The second-order valence-corrected chi connectivity index (χ2v) is 3.61. The molecule has 1 heterocycles. The molecule has 0 saturated carbocycles. The van der Waals surface area contributed by atoms with Crippen molar-refractivity contribution in [2.45, 2.75) is 10.1 Å². The number of benzene rings is 1. The van der Waals surface area contributed by atoms with Crippen LogP contribution in [-0.2, 0) is 0 Å². The van der Waals surface area contributed by atoms with Crippen LogP contribution in [0.1, 0.15) is 10.4 Å². The largest absolute Gasteiger partial charge is 0.440 e. The van der Waals surface area contributed by atoms with Crippen molar-refractivity contribution in [1.82, 2.24) is 4.98 Å². The van der Waals surface area contributed by atoms with Crippen LogP contribution in [0.2, 0.25) is 0 Å². The van der Waals surface area contributed by atoms with E-state index in [1.165, 1.54) is 18.0 Å². The molecule has 2 rings (SSSR count). The van der Waals surface area contributed by atoms with Crippen molar-refractivity contribution >= 4 is 18.0 Å². The molecule has 0 saturated heterocycles. The molecule has 0 aliphatic carbocycles. The Hall–Kier alpha value is -1.55. The molecule has 0 aliphatic rings. The normalized spacial score (nSPS) is 10.0. The van der Waals surface area contributed by atoms with Crippen molar-refractivity contribution in [3.63, 3.8) is 0 Å². The number of carbonyl (C=O) groups is 1. The lowest BCUT2D eigenvalue weighted by molar-refractivity contribution is 0.112. The Labute approximate surface area is 85.2 Å². The summed E-state index contributed by atoms with van der Waals surface area (Å²) >= 11 is 1.42.